The number of ether oxygens (including phenoxy) is 1. The maximum absolute atomic E-state index is 12.4. The van der Waals surface area contributed by atoms with Crippen LogP contribution in [0.5, 0.6) is 0 Å². The van der Waals surface area contributed by atoms with Crippen LogP contribution in [0.2, 0.25) is 0 Å². The first kappa shape index (κ1) is 18.1. The van der Waals surface area contributed by atoms with Crippen LogP contribution in [0, 0.1) is 13.8 Å². The standard InChI is InChI=1S/C19H23N3O4/c1-13-4-3-5-15(14(13)2)12-26-16-6-9-21(10-7-16)19(25)22-11-8-17(20-22)18(23)24/h3-5,8,11,16H,6-7,9-10,12H2,1-2H3,(H,23,24). The lowest BCUT2D eigenvalue weighted by atomic mass is 10.0. The molecule has 1 fully saturated rings. The summed E-state index contributed by atoms with van der Waals surface area (Å²) >= 11 is 0. The molecule has 0 aliphatic carbocycles. The van der Waals surface area contributed by atoms with Crippen LogP contribution in [0.4, 0.5) is 4.79 Å². The molecule has 1 amide bonds. The topological polar surface area (TPSA) is 84.7 Å². The molecule has 138 valence electrons. The van der Waals surface area contributed by atoms with Crippen molar-refractivity contribution in [2.45, 2.75) is 39.4 Å². The van der Waals surface area contributed by atoms with Crippen LogP contribution in [-0.4, -0.2) is 51.0 Å². The lowest BCUT2D eigenvalue weighted by molar-refractivity contribution is 0.00415. The number of carboxylic acid groups (broad SMARTS) is 1. The second-order valence-corrected chi connectivity index (χ2v) is 6.59. The third-order valence-electron chi connectivity index (χ3n) is 4.91. The molecule has 0 radical (unpaired) electrons. The summed E-state index contributed by atoms with van der Waals surface area (Å²) in [6, 6.07) is 7.23. The van der Waals surface area contributed by atoms with Gasteiger partial charge in [-0.1, -0.05) is 18.2 Å². The minimum atomic E-state index is -1.14. The largest absolute Gasteiger partial charge is 0.476 e. The number of nitrogens with zero attached hydrogens (tertiary/aromatic N) is 3. The molecule has 7 heteroatoms. The van der Waals surface area contributed by atoms with Crippen molar-refractivity contribution >= 4 is 12.0 Å². The Balaban J connectivity index is 1.51. The molecule has 3 rings (SSSR count). The predicted octanol–water partition coefficient (Wildman–Crippen LogP) is 2.85. The summed E-state index contributed by atoms with van der Waals surface area (Å²) < 4.78 is 7.12. The Morgan fingerprint density at radius 1 is 1.23 bits per heavy atom. The number of hydrogen-bond acceptors (Lipinski definition) is 4. The van der Waals surface area contributed by atoms with Gasteiger partial charge in [0.15, 0.2) is 5.69 Å². The highest BCUT2D eigenvalue weighted by molar-refractivity contribution is 5.86. The molecule has 0 atom stereocenters. The molecule has 1 aliphatic heterocycles. The smallest absolute Gasteiger partial charge is 0.356 e. The Kier molecular flexibility index (Phi) is 5.37. The van der Waals surface area contributed by atoms with E-state index in [1.165, 1.54) is 29.0 Å². The molecule has 1 aromatic heterocycles. The van der Waals surface area contributed by atoms with Crippen molar-refractivity contribution in [2.24, 2.45) is 0 Å². The predicted molar refractivity (Wildman–Crippen MR) is 95.3 cm³/mol. The van der Waals surface area contributed by atoms with E-state index in [9.17, 15) is 9.59 Å². The molecule has 7 nitrogen and oxygen atoms in total. The van der Waals surface area contributed by atoms with E-state index in [1.54, 1.807) is 4.90 Å². The number of piperidine rings is 1. The number of amides is 1. The fourth-order valence-corrected chi connectivity index (χ4v) is 3.08. The highest BCUT2D eigenvalue weighted by atomic mass is 16.5. The fraction of sp³-hybridized carbons (Fsp3) is 0.421. The molecule has 2 aromatic rings. The number of carboxylic acids is 1. The van der Waals surface area contributed by atoms with Crippen LogP contribution in [0.1, 0.15) is 40.0 Å². The van der Waals surface area contributed by atoms with Crippen LogP contribution in [0.25, 0.3) is 0 Å². The molecule has 1 N–H and O–H groups in total. The van der Waals surface area contributed by atoms with E-state index in [2.05, 4.69) is 31.1 Å². The van der Waals surface area contributed by atoms with E-state index >= 15 is 0 Å². The fourth-order valence-electron chi connectivity index (χ4n) is 3.08. The minimum absolute atomic E-state index is 0.117. The van der Waals surface area contributed by atoms with E-state index in [0.717, 1.165) is 17.5 Å². The normalized spacial score (nSPS) is 15.2. The molecule has 0 bridgehead atoms. The molecule has 0 unspecified atom stereocenters. The number of benzene rings is 1. The van der Waals surface area contributed by atoms with Gasteiger partial charge >= 0.3 is 12.0 Å². The average molecular weight is 357 g/mol. The van der Waals surface area contributed by atoms with Crippen molar-refractivity contribution in [3.05, 3.63) is 52.8 Å². The monoisotopic (exact) mass is 357 g/mol. The average Bonchev–Trinajstić information content (AvgIpc) is 3.13. The van der Waals surface area contributed by atoms with Crippen LogP contribution >= 0.6 is 0 Å². The van der Waals surface area contributed by atoms with Crippen molar-refractivity contribution in [2.75, 3.05) is 13.1 Å². The zero-order valence-corrected chi connectivity index (χ0v) is 15.0. The van der Waals surface area contributed by atoms with Crippen molar-refractivity contribution in [3.8, 4) is 0 Å². The number of aromatic nitrogens is 2. The number of carbonyl (C=O) groups excluding carboxylic acids is 1. The molecule has 1 saturated heterocycles. The van der Waals surface area contributed by atoms with E-state index < -0.39 is 5.97 Å². The Morgan fingerprint density at radius 2 is 1.96 bits per heavy atom. The summed E-state index contributed by atoms with van der Waals surface area (Å²) in [5.74, 6) is -1.14. The van der Waals surface area contributed by atoms with E-state index in [1.807, 2.05) is 6.07 Å². The summed E-state index contributed by atoms with van der Waals surface area (Å²) in [5, 5.41) is 12.7. The van der Waals surface area contributed by atoms with Gasteiger partial charge in [-0.05, 0) is 49.4 Å². The first-order valence-corrected chi connectivity index (χ1v) is 8.70. The first-order valence-electron chi connectivity index (χ1n) is 8.70. The molecule has 26 heavy (non-hydrogen) atoms. The van der Waals surface area contributed by atoms with Gasteiger partial charge in [-0.2, -0.15) is 9.78 Å². The number of aryl methyl sites for hydroxylation is 1. The number of carbonyl (C=O) groups is 2. The Bertz CT molecular complexity index is 807. The van der Waals surface area contributed by atoms with Gasteiger partial charge in [-0.25, -0.2) is 9.59 Å². The number of aromatic carboxylic acids is 1. The lowest BCUT2D eigenvalue weighted by Gasteiger charge is -2.31. The quantitative estimate of drug-likeness (QED) is 0.909. The zero-order valence-electron chi connectivity index (χ0n) is 15.0. The van der Waals surface area contributed by atoms with Gasteiger partial charge in [0.2, 0.25) is 0 Å². The SMILES string of the molecule is Cc1cccc(COC2CCN(C(=O)n3ccc(C(=O)O)n3)CC2)c1C. The Hall–Kier alpha value is -2.67. The molecular formula is C19H23N3O4. The summed E-state index contributed by atoms with van der Waals surface area (Å²) in [5.41, 5.74) is 3.57. The summed E-state index contributed by atoms with van der Waals surface area (Å²) in [6.07, 6.45) is 3.01. The van der Waals surface area contributed by atoms with Gasteiger partial charge in [-0.3, -0.25) is 0 Å². The molecule has 1 aromatic carbocycles. The molecule has 1 aliphatic rings. The third-order valence-corrected chi connectivity index (χ3v) is 4.91. The maximum atomic E-state index is 12.4. The second-order valence-electron chi connectivity index (χ2n) is 6.59. The van der Waals surface area contributed by atoms with Crippen LogP contribution in [0.15, 0.2) is 30.5 Å². The van der Waals surface area contributed by atoms with Crippen molar-refractivity contribution < 1.29 is 19.4 Å². The highest BCUT2D eigenvalue weighted by Crippen LogP contribution is 2.19. The Morgan fingerprint density at radius 3 is 2.62 bits per heavy atom. The highest BCUT2D eigenvalue weighted by Gasteiger charge is 2.25. The second kappa shape index (κ2) is 7.70. The number of hydrogen-bond donors (Lipinski definition) is 1. The van der Waals surface area contributed by atoms with Crippen LogP contribution < -0.4 is 0 Å². The van der Waals surface area contributed by atoms with Gasteiger partial charge in [0, 0.05) is 19.3 Å². The van der Waals surface area contributed by atoms with Crippen LogP contribution in [-0.2, 0) is 11.3 Å². The molecule has 2 heterocycles. The molecule has 0 saturated carbocycles. The van der Waals surface area contributed by atoms with E-state index in [4.69, 9.17) is 9.84 Å². The molecular weight excluding hydrogens is 334 g/mol. The van der Waals surface area contributed by atoms with E-state index in [-0.39, 0.29) is 17.8 Å². The van der Waals surface area contributed by atoms with Crippen LogP contribution in [0.3, 0.4) is 0 Å². The van der Waals surface area contributed by atoms with Crippen molar-refractivity contribution in [3.63, 3.8) is 0 Å². The van der Waals surface area contributed by atoms with Gasteiger partial charge in [0.25, 0.3) is 0 Å². The summed E-state index contributed by atoms with van der Waals surface area (Å²) in [6.45, 7) is 5.91. The maximum Gasteiger partial charge on any atom is 0.356 e. The lowest BCUT2D eigenvalue weighted by Crippen LogP contribution is -2.43. The van der Waals surface area contributed by atoms with Gasteiger partial charge in [-0.15, -0.1) is 0 Å². The Labute approximate surface area is 152 Å². The van der Waals surface area contributed by atoms with E-state index in [0.29, 0.717) is 19.7 Å². The summed E-state index contributed by atoms with van der Waals surface area (Å²) in [4.78, 5) is 24.9. The van der Waals surface area contributed by atoms with Gasteiger partial charge in [0.05, 0.1) is 12.7 Å². The van der Waals surface area contributed by atoms with Crippen molar-refractivity contribution in [1.29, 1.82) is 0 Å². The van der Waals surface area contributed by atoms with Gasteiger partial charge in [0.1, 0.15) is 0 Å². The number of likely N-dealkylation sites (tertiary alicyclic amines) is 1. The molecule has 0 spiro atoms. The zero-order chi connectivity index (χ0) is 18.7. The first-order chi connectivity index (χ1) is 12.5. The minimum Gasteiger partial charge on any atom is -0.476 e. The number of rotatable bonds is 4. The van der Waals surface area contributed by atoms with Crippen molar-refractivity contribution in [1.82, 2.24) is 14.7 Å². The summed E-state index contributed by atoms with van der Waals surface area (Å²) in [7, 11) is 0. The van der Waals surface area contributed by atoms with Gasteiger partial charge < -0.3 is 14.7 Å². The third kappa shape index (κ3) is 3.94.